The highest BCUT2D eigenvalue weighted by Gasteiger charge is 2.24. The molecule has 134 valence electrons. The molecule has 0 fully saturated rings. The van der Waals surface area contributed by atoms with Crippen LogP contribution in [0, 0.1) is 16.7 Å². The van der Waals surface area contributed by atoms with Gasteiger partial charge in [0.15, 0.2) is 0 Å². The van der Waals surface area contributed by atoms with E-state index in [9.17, 15) is 9.59 Å². The van der Waals surface area contributed by atoms with Crippen molar-refractivity contribution in [1.29, 1.82) is 10.7 Å². The number of nitrogens with two attached hydrogens (primary N) is 1. The van der Waals surface area contributed by atoms with Gasteiger partial charge in [0, 0.05) is 12.0 Å². The number of carbonyl (C=O) groups excluding carboxylic acids is 2. The van der Waals surface area contributed by atoms with Crippen molar-refractivity contribution in [2.45, 2.75) is 38.8 Å². The van der Waals surface area contributed by atoms with Crippen LogP contribution in [0.25, 0.3) is 0 Å². The number of ether oxygens (including phenoxy) is 1. The summed E-state index contributed by atoms with van der Waals surface area (Å²) in [5.41, 5.74) is 5.99. The quantitative estimate of drug-likeness (QED) is 0.346. The van der Waals surface area contributed by atoms with Gasteiger partial charge in [0.1, 0.15) is 24.0 Å². The summed E-state index contributed by atoms with van der Waals surface area (Å²) in [6.07, 6.45) is -0.565. The molecule has 25 heavy (non-hydrogen) atoms. The van der Waals surface area contributed by atoms with Gasteiger partial charge in [0.05, 0.1) is 6.07 Å². The Bertz CT molecular complexity index is 688. The van der Waals surface area contributed by atoms with Gasteiger partial charge in [0.25, 0.3) is 0 Å². The molecule has 8 nitrogen and oxygen atoms in total. The van der Waals surface area contributed by atoms with Crippen LogP contribution in [-0.4, -0.2) is 36.0 Å². The lowest BCUT2D eigenvalue weighted by molar-refractivity contribution is -0.122. The van der Waals surface area contributed by atoms with Gasteiger partial charge in [0.2, 0.25) is 5.91 Å². The third-order valence-corrected chi connectivity index (χ3v) is 3.03. The molecule has 0 aliphatic heterocycles. The first-order valence-electron chi connectivity index (χ1n) is 7.70. The number of carbonyl (C=O) groups is 2. The van der Waals surface area contributed by atoms with Crippen LogP contribution in [0.3, 0.4) is 0 Å². The summed E-state index contributed by atoms with van der Waals surface area (Å²) >= 11 is 0. The van der Waals surface area contributed by atoms with E-state index in [4.69, 9.17) is 21.1 Å². The number of hydrogen-bond acceptors (Lipinski definition) is 5. The van der Waals surface area contributed by atoms with Crippen LogP contribution in [0.1, 0.15) is 31.9 Å². The van der Waals surface area contributed by atoms with Crippen molar-refractivity contribution < 1.29 is 14.3 Å². The van der Waals surface area contributed by atoms with E-state index >= 15 is 0 Å². The van der Waals surface area contributed by atoms with Crippen LogP contribution >= 0.6 is 0 Å². The van der Waals surface area contributed by atoms with E-state index in [0.717, 1.165) is 0 Å². The first-order valence-corrected chi connectivity index (χ1v) is 7.70. The Hall–Kier alpha value is -3.08. The maximum atomic E-state index is 12.2. The summed E-state index contributed by atoms with van der Waals surface area (Å²) < 4.78 is 5.17. The minimum Gasteiger partial charge on any atom is -0.444 e. The number of nitrogens with one attached hydrogen (secondary N) is 3. The van der Waals surface area contributed by atoms with Crippen LogP contribution in [-0.2, 0) is 16.0 Å². The number of hydrogen-bond donors (Lipinski definition) is 4. The molecule has 1 aromatic carbocycles. The summed E-state index contributed by atoms with van der Waals surface area (Å²) in [5.74, 6) is -0.590. The van der Waals surface area contributed by atoms with Crippen LogP contribution < -0.4 is 16.4 Å². The molecule has 8 heteroatoms. The van der Waals surface area contributed by atoms with Gasteiger partial charge < -0.3 is 21.1 Å². The Kier molecular flexibility index (Phi) is 6.93. The van der Waals surface area contributed by atoms with Crippen molar-refractivity contribution in [3.05, 3.63) is 35.4 Å². The lowest BCUT2D eigenvalue weighted by atomic mass is 10.0. The largest absolute Gasteiger partial charge is 0.444 e. The lowest BCUT2D eigenvalue weighted by Gasteiger charge is -2.23. The first kappa shape index (κ1) is 20.0. The molecule has 0 spiro atoms. The Balaban J connectivity index is 2.92. The van der Waals surface area contributed by atoms with Crippen LogP contribution in [0.4, 0.5) is 4.79 Å². The Labute approximate surface area is 146 Å². The summed E-state index contributed by atoms with van der Waals surface area (Å²) in [7, 11) is 0. The van der Waals surface area contributed by atoms with Crippen LogP contribution in [0.15, 0.2) is 24.3 Å². The maximum Gasteiger partial charge on any atom is 0.408 e. The standard InChI is InChI=1S/C17H23N5O3/c1-17(2,3)25-16(24)22-13(15(23)21-8-7-18)10-11-5-4-6-12(9-11)14(19)20/h4-6,9,13H,8,10H2,1-3H3,(H3,19,20)(H,21,23)(H,22,24). The smallest absolute Gasteiger partial charge is 0.408 e. The predicted molar refractivity (Wildman–Crippen MR) is 92.9 cm³/mol. The summed E-state index contributed by atoms with van der Waals surface area (Å²) in [4.78, 5) is 24.2. The highest BCUT2D eigenvalue weighted by molar-refractivity contribution is 5.95. The SMILES string of the molecule is CC(C)(C)OC(=O)NC(Cc1cccc(C(=N)N)c1)C(=O)NCC#N. The van der Waals surface area contributed by atoms with E-state index in [-0.39, 0.29) is 18.8 Å². The molecule has 0 bridgehead atoms. The van der Waals surface area contributed by atoms with Crippen LogP contribution in [0.2, 0.25) is 0 Å². The van der Waals surface area contributed by atoms with Gasteiger partial charge >= 0.3 is 6.09 Å². The molecule has 0 aliphatic carbocycles. The molecule has 1 unspecified atom stereocenters. The highest BCUT2D eigenvalue weighted by Crippen LogP contribution is 2.10. The fourth-order valence-corrected chi connectivity index (χ4v) is 2.01. The maximum absolute atomic E-state index is 12.2. The molecule has 1 rings (SSSR count). The number of rotatable bonds is 6. The van der Waals surface area contributed by atoms with Gasteiger partial charge in [-0.05, 0) is 32.4 Å². The Morgan fingerprint density at radius 1 is 1.40 bits per heavy atom. The van der Waals surface area contributed by atoms with Crippen molar-refractivity contribution in [1.82, 2.24) is 10.6 Å². The van der Waals surface area contributed by atoms with E-state index in [2.05, 4.69) is 10.6 Å². The molecule has 0 saturated carbocycles. The zero-order valence-corrected chi connectivity index (χ0v) is 14.6. The van der Waals surface area contributed by atoms with Gasteiger partial charge in [-0.25, -0.2) is 4.79 Å². The second kappa shape index (κ2) is 8.68. The number of nitrogens with zero attached hydrogens (tertiary/aromatic N) is 1. The van der Waals surface area contributed by atoms with Crippen molar-refractivity contribution in [3.63, 3.8) is 0 Å². The molecule has 0 heterocycles. The molecule has 2 amide bonds. The fraction of sp³-hybridized carbons (Fsp3) is 0.412. The van der Waals surface area contributed by atoms with Gasteiger partial charge in [-0.2, -0.15) is 5.26 Å². The van der Waals surface area contributed by atoms with E-state index < -0.39 is 23.6 Å². The third kappa shape index (κ3) is 7.35. The van der Waals surface area contributed by atoms with Crippen molar-refractivity contribution >= 4 is 17.8 Å². The van der Waals surface area contributed by atoms with E-state index in [1.807, 2.05) is 6.07 Å². The molecule has 0 radical (unpaired) electrons. The van der Waals surface area contributed by atoms with Crippen molar-refractivity contribution in [2.24, 2.45) is 5.73 Å². The number of alkyl carbamates (subject to hydrolysis) is 1. The molecular weight excluding hydrogens is 322 g/mol. The first-order chi connectivity index (χ1) is 11.6. The number of nitrogen functional groups attached to an aromatic ring is 1. The second-order valence-corrected chi connectivity index (χ2v) is 6.39. The van der Waals surface area contributed by atoms with E-state index in [1.54, 1.807) is 45.0 Å². The minimum atomic E-state index is -0.926. The summed E-state index contributed by atoms with van der Waals surface area (Å²) in [6, 6.07) is 7.71. The zero-order valence-electron chi connectivity index (χ0n) is 14.6. The van der Waals surface area contributed by atoms with Crippen molar-refractivity contribution in [3.8, 4) is 6.07 Å². The molecule has 1 atom stereocenters. The molecule has 0 saturated heterocycles. The number of nitriles is 1. The highest BCUT2D eigenvalue weighted by atomic mass is 16.6. The average molecular weight is 345 g/mol. The monoisotopic (exact) mass is 345 g/mol. The lowest BCUT2D eigenvalue weighted by Crippen LogP contribution is -2.49. The number of amidine groups is 1. The number of benzene rings is 1. The molecule has 0 aliphatic rings. The topological polar surface area (TPSA) is 141 Å². The molecule has 5 N–H and O–H groups in total. The van der Waals surface area contributed by atoms with Gasteiger partial charge in [-0.15, -0.1) is 0 Å². The Morgan fingerprint density at radius 2 is 2.08 bits per heavy atom. The third-order valence-electron chi connectivity index (χ3n) is 3.03. The number of amides is 2. The summed E-state index contributed by atoms with van der Waals surface area (Å²) in [5, 5.41) is 21.0. The Morgan fingerprint density at radius 3 is 2.64 bits per heavy atom. The normalized spacial score (nSPS) is 11.8. The molecular formula is C17H23N5O3. The van der Waals surface area contributed by atoms with Gasteiger partial charge in [-0.1, -0.05) is 18.2 Å². The van der Waals surface area contributed by atoms with E-state index in [0.29, 0.717) is 11.1 Å². The zero-order chi connectivity index (χ0) is 19.0. The molecule has 1 aromatic rings. The second-order valence-electron chi connectivity index (χ2n) is 6.39. The molecule has 0 aromatic heterocycles. The van der Waals surface area contributed by atoms with Gasteiger partial charge in [-0.3, -0.25) is 10.2 Å². The van der Waals surface area contributed by atoms with E-state index in [1.165, 1.54) is 0 Å². The summed E-state index contributed by atoms with van der Waals surface area (Å²) in [6.45, 7) is 4.98. The minimum absolute atomic E-state index is 0.0903. The van der Waals surface area contributed by atoms with Crippen molar-refractivity contribution in [2.75, 3.05) is 6.54 Å². The van der Waals surface area contributed by atoms with Crippen LogP contribution in [0.5, 0.6) is 0 Å². The average Bonchev–Trinajstić information content (AvgIpc) is 2.50. The predicted octanol–water partition coefficient (Wildman–Crippen LogP) is 1.05. The fourth-order valence-electron chi connectivity index (χ4n) is 2.01.